The number of benzene rings is 1. The van der Waals surface area contributed by atoms with Crippen LogP contribution in [0.2, 0.25) is 0 Å². The molecule has 0 radical (unpaired) electrons. The Morgan fingerprint density at radius 1 is 1.30 bits per heavy atom. The molecule has 2 nitrogen and oxygen atoms in total. The van der Waals surface area contributed by atoms with Gasteiger partial charge in [0.15, 0.2) is 0 Å². The van der Waals surface area contributed by atoms with Crippen LogP contribution in [0.25, 0.3) is 0 Å². The van der Waals surface area contributed by atoms with Crippen molar-refractivity contribution >= 4 is 0 Å². The number of rotatable bonds is 5. The van der Waals surface area contributed by atoms with E-state index in [2.05, 4.69) is 11.4 Å². The van der Waals surface area contributed by atoms with Crippen LogP contribution in [-0.2, 0) is 11.2 Å². The van der Waals surface area contributed by atoms with E-state index in [4.69, 9.17) is 4.74 Å². The molecule has 0 saturated heterocycles. The second-order valence-electron chi connectivity index (χ2n) is 5.05. The number of halogens is 3. The van der Waals surface area contributed by atoms with Gasteiger partial charge in [-0.1, -0.05) is 31.2 Å². The first kappa shape index (κ1) is 15.3. The molecule has 0 heterocycles. The molecule has 0 aromatic heterocycles. The number of fused-ring (bicyclic) bond motifs is 1. The highest BCUT2D eigenvalue weighted by Gasteiger charge is 2.31. The predicted molar refractivity (Wildman–Crippen MR) is 71.6 cm³/mol. The molecule has 1 aliphatic carbocycles. The topological polar surface area (TPSA) is 21.3 Å². The highest BCUT2D eigenvalue weighted by atomic mass is 19.4. The molecule has 0 bridgehead atoms. The Hall–Kier alpha value is -1.07. The molecule has 2 unspecified atom stereocenters. The van der Waals surface area contributed by atoms with Crippen LogP contribution in [0.5, 0.6) is 0 Å². The minimum Gasteiger partial charge on any atom is -0.376 e. The van der Waals surface area contributed by atoms with Crippen molar-refractivity contribution in [3.8, 4) is 0 Å². The minimum atomic E-state index is -4.15. The fourth-order valence-corrected chi connectivity index (χ4v) is 2.70. The van der Waals surface area contributed by atoms with E-state index in [1.165, 1.54) is 5.56 Å². The van der Waals surface area contributed by atoms with E-state index < -0.39 is 12.6 Å². The van der Waals surface area contributed by atoms with Gasteiger partial charge < -0.3 is 10.1 Å². The summed E-state index contributed by atoms with van der Waals surface area (Å²) in [7, 11) is 0. The van der Waals surface area contributed by atoms with Crippen LogP contribution >= 0.6 is 0 Å². The van der Waals surface area contributed by atoms with Gasteiger partial charge in [-0.05, 0) is 30.5 Å². The molecule has 1 aromatic rings. The van der Waals surface area contributed by atoms with E-state index in [9.17, 15) is 13.2 Å². The first-order valence-electron chi connectivity index (χ1n) is 7.01. The lowest BCUT2D eigenvalue weighted by Crippen LogP contribution is -2.38. The lowest BCUT2D eigenvalue weighted by molar-refractivity contribution is -0.150. The van der Waals surface area contributed by atoms with Gasteiger partial charge in [-0.2, -0.15) is 13.2 Å². The Bertz CT molecular complexity index is 433. The van der Waals surface area contributed by atoms with Crippen LogP contribution in [0.15, 0.2) is 24.3 Å². The number of ether oxygens (including phenoxy) is 1. The molecule has 0 saturated carbocycles. The zero-order valence-corrected chi connectivity index (χ0v) is 11.5. The largest absolute Gasteiger partial charge is 0.391 e. The zero-order chi connectivity index (χ0) is 14.6. The van der Waals surface area contributed by atoms with Gasteiger partial charge in [0.25, 0.3) is 0 Å². The van der Waals surface area contributed by atoms with E-state index in [-0.39, 0.29) is 18.8 Å². The summed E-state index contributed by atoms with van der Waals surface area (Å²) in [4.78, 5) is 0. The van der Waals surface area contributed by atoms with Crippen molar-refractivity contribution in [2.45, 2.75) is 44.5 Å². The standard InChI is InChI=1S/C15H20F3NO/c1-2-19-14-12-6-4-3-5-11(12)7-8-13(14)20-10-9-15(16,17)18/h3-6,13-14,19H,2,7-10H2,1H3. The Morgan fingerprint density at radius 2 is 2.05 bits per heavy atom. The number of aryl methyl sites for hydroxylation is 1. The third kappa shape index (κ3) is 3.96. The van der Waals surface area contributed by atoms with Crippen molar-refractivity contribution < 1.29 is 17.9 Å². The number of likely N-dealkylation sites (N-methyl/N-ethyl adjacent to an activating group) is 1. The molecular weight excluding hydrogens is 267 g/mol. The first-order chi connectivity index (χ1) is 9.51. The van der Waals surface area contributed by atoms with Gasteiger partial charge in [-0.25, -0.2) is 0 Å². The van der Waals surface area contributed by atoms with Crippen LogP contribution in [-0.4, -0.2) is 25.4 Å². The van der Waals surface area contributed by atoms with Gasteiger partial charge in [-0.15, -0.1) is 0 Å². The lowest BCUT2D eigenvalue weighted by atomic mass is 9.85. The van der Waals surface area contributed by atoms with Gasteiger partial charge >= 0.3 is 6.18 Å². The lowest BCUT2D eigenvalue weighted by Gasteiger charge is -2.34. The van der Waals surface area contributed by atoms with Crippen molar-refractivity contribution in [1.82, 2.24) is 5.32 Å². The first-order valence-corrected chi connectivity index (χ1v) is 7.01. The Labute approximate surface area is 117 Å². The van der Waals surface area contributed by atoms with E-state index in [0.717, 1.165) is 24.9 Å². The van der Waals surface area contributed by atoms with E-state index in [0.29, 0.717) is 0 Å². The van der Waals surface area contributed by atoms with Gasteiger partial charge in [0.05, 0.1) is 25.2 Å². The molecule has 2 rings (SSSR count). The maximum Gasteiger partial charge on any atom is 0.391 e. The summed E-state index contributed by atoms with van der Waals surface area (Å²) in [6.45, 7) is 2.49. The fraction of sp³-hybridized carbons (Fsp3) is 0.600. The van der Waals surface area contributed by atoms with E-state index in [1.807, 2.05) is 25.1 Å². The van der Waals surface area contributed by atoms with Crippen LogP contribution in [0, 0.1) is 0 Å². The quantitative estimate of drug-likeness (QED) is 0.893. The van der Waals surface area contributed by atoms with Crippen molar-refractivity contribution in [3.05, 3.63) is 35.4 Å². The van der Waals surface area contributed by atoms with Crippen molar-refractivity contribution in [3.63, 3.8) is 0 Å². The number of hydrogen-bond acceptors (Lipinski definition) is 2. The highest BCUT2D eigenvalue weighted by molar-refractivity contribution is 5.33. The normalized spacial score (nSPS) is 22.6. The summed E-state index contributed by atoms with van der Waals surface area (Å²) in [6.07, 6.45) is -3.61. The minimum absolute atomic E-state index is 0.0156. The molecule has 20 heavy (non-hydrogen) atoms. The third-order valence-corrected chi connectivity index (χ3v) is 3.60. The predicted octanol–water partition coefficient (Wildman–Crippen LogP) is 3.62. The fourth-order valence-electron chi connectivity index (χ4n) is 2.70. The Morgan fingerprint density at radius 3 is 2.75 bits per heavy atom. The monoisotopic (exact) mass is 287 g/mol. The molecule has 0 aliphatic heterocycles. The van der Waals surface area contributed by atoms with Gasteiger partial charge in [-0.3, -0.25) is 0 Å². The molecule has 5 heteroatoms. The van der Waals surface area contributed by atoms with Gasteiger partial charge in [0.1, 0.15) is 0 Å². The number of hydrogen-bond donors (Lipinski definition) is 1. The summed E-state index contributed by atoms with van der Waals surface area (Å²) < 4.78 is 42.1. The molecule has 0 amide bonds. The molecule has 112 valence electrons. The molecule has 0 spiro atoms. The van der Waals surface area contributed by atoms with Crippen LogP contribution in [0.3, 0.4) is 0 Å². The summed E-state index contributed by atoms with van der Waals surface area (Å²) in [5, 5.41) is 3.33. The third-order valence-electron chi connectivity index (χ3n) is 3.60. The Balaban J connectivity index is 2.02. The molecule has 1 N–H and O–H groups in total. The van der Waals surface area contributed by atoms with Gasteiger partial charge in [0, 0.05) is 0 Å². The maximum atomic E-state index is 12.2. The SMILES string of the molecule is CCNC1c2ccccc2CCC1OCCC(F)(F)F. The van der Waals surface area contributed by atoms with Crippen molar-refractivity contribution in [2.75, 3.05) is 13.2 Å². The summed E-state index contributed by atoms with van der Waals surface area (Å²) in [5.41, 5.74) is 2.41. The summed E-state index contributed by atoms with van der Waals surface area (Å²) >= 11 is 0. The molecule has 0 fully saturated rings. The van der Waals surface area contributed by atoms with Gasteiger partial charge in [0.2, 0.25) is 0 Å². The molecule has 1 aromatic carbocycles. The maximum absolute atomic E-state index is 12.2. The number of alkyl halides is 3. The highest BCUT2D eigenvalue weighted by Crippen LogP contribution is 2.32. The number of nitrogens with one attached hydrogen (secondary N) is 1. The van der Waals surface area contributed by atoms with Crippen LogP contribution in [0.4, 0.5) is 13.2 Å². The smallest absolute Gasteiger partial charge is 0.376 e. The zero-order valence-electron chi connectivity index (χ0n) is 11.5. The van der Waals surface area contributed by atoms with Crippen molar-refractivity contribution in [1.29, 1.82) is 0 Å². The average Bonchev–Trinajstić information content (AvgIpc) is 2.40. The second-order valence-corrected chi connectivity index (χ2v) is 5.05. The van der Waals surface area contributed by atoms with E-state index in [1.54, 1.807) is 0 Å². The summed E-state index contributed by atoms with van der Waals surface area (Å²) in [6, 6.07) is 8.04. The average molecular weight is 287 g/mol. The molecule has 1 aliphatic rings. The van der Waals surface area contributed by atoms with Crippen molar-refractivity contribution in [2.24, 2.45) is 0 Å². The molecule has 2 atom stereocenters. The summed E-state index contributed by atoms with van der Waals surface area (Å²) in [5.74, 6) is 0. The molecular formula is C15H20F3NO. The second kappa shape index (κ2) is 6.59. The van der Waals surface area contributed by atoms with Crippen LogP contribution < -0.4 is 5.32 Å². The Kier molecular flexibility index (Phi) is 5.05. The van der Waals surface area contributed by atoms with E-state index >= 15 is 0 Å². The van der Waals surface area contributed by atoms with Crippen LogP contribution in [0.1, 0.15) is 36.9 Å².